The van der Waals surface area contributed by atoms with Crippen LogP contribution in [0.15, 0.2) is 30.3 Å². The second-order valence-electron chi connectivity index (χ2n) is 15.8. The number of carbonyl (C=O) groups excluding carboxylic acids is 4. The molecule has 2 amide bonds. The minimum Gasteiger partial charge on any atom is -0.465 e. The fourth-order valence-corrected chi connectivity index (χ4v) is 5.93. The lowest BCUT2D eigenvalue weighted by molar-refractivity contribution is -0.148. The number of benzene rings is 1. The third-order valence-corrected chi connectivity index (χ3v) is 8.44. The molecular weight excluding hydrogens is 716 g/mol. The van der Waals surface area contributed by atoms with E-state index in [4.69, 9.17) is 23.8 Å². The van der Waals surface area contributed by atoms with Crippen molar-refractivity contribution in [1.29, 1.82) is 0 Å². The number of rotatable bonds is 26. The zero-order valence-corrected chi connectivity index (χ0v) is 36.5. The molecule has 320 valence electrons. The quantitative estimate of drug-likeness (QED) is 0.0394. The summed E-state index contributed by atoms with van der Waals surface area (Å²) in [5.41, 5.74) is 0.570. The maximum Gasteiger partial charge on any atom is 0.444 e. The third-order valence-electron chi connectivity index (χ3n) is 8.44. The van der Waals surface area contributed by atoms with Gasteiger partial charge in [0, 0.05) is 32.2 Å². The Balaban J connectivity index is 2.97. The van der Waals surface area contributed by atoms with E-state index in [2.05, 4.69) is 67.0 Å². The van der Waals surface area contributed by atoms with E-state index >= 15 is 0 Å². The van der Waals surface area contributed by atoms with Crippen molar-refractivity contribution in [1.82, 2.24) is 19.8 Å². The first-order chi connectivity index (χ1) is 26.4. The number of aryl methyl sites for hydroxylation is 1. The molecule has 0 aliphatic rings. The van der Waals surface area contributed by atoms with Gasteiger partial charge in [0.2, 0.25) is 0 Å². The molecule has 0 fully saturated rings. The molecule has 0 saturated heterocycles. The van der Waals surface area contributed by atoms with Gasteiger partial charge in [-0.25, -0.2) is 9.59 Å². The largest absolute Gasteiger partial charge is 0.465 e. The van der Waals surface area contributed by atoms with Crippen LogP contribution in [0, 0.1) is 0 Å². The molecule has 1 aromatic carbocycles. The first kappa shape index (κ1) is 50.5. The molecule has 13 heteroatoms. The van der Waals surface area contributed by atoms with Gasteiger partial charge in [0.1, 0.15) is 11.2 Å². The molecule has 13 nitrogen and oxygen atoms in total. The van der Waals surface area contributed by atoms with Gasteiger partial charge >= 0.3 is 24.1 Å². The number of hydrogen-bond acceptors (Lipinski definition) is 12. The number of hydrogen-bond donors (Lipinski definition) is 0. The lowest BCUT2D eigenvalue weighted by Crippen LogP contribution is -2.46. The summed E-state index contributed by atoms with van der Waals surface area (Å²) in [5, 5.41) is 0.560. The van der Waals surface area contributed by atoms with Crippen LogP contribution in [0.4, 0.5) is 9.59 Å². The van der Waals surface area contributed by atoms with Gasteiger partial charge in [0.15, 0.2) is 0 Å². The molecule has 0 N–H and O–H groups in total. The van der Waals surface area contributed by atoms with Gasteiger partial charge in [-0.2, -0.15) is 0 Å². The van der Waals surface area contributed by atoms with E-state index in [1.165, 1.54) is 0 Å². The molecule has 0 aliphatic carbocycles. The summed E-state index contributed by atoms with van der Waals surface area (Å²) >= 11 is 0. The standard InChI is InChI=1S/C43H74N4O9/c1-12-26-44(27-13-2)28-30-46(31-29-45(33-38(48)52-15-4)34-39(49)53-16-5)37(14-3)21-17-19-35-22-24-36(25-23-35)20-18-32-54-47(40(50)55-42(6,7)8)41(51)56-43(9,10)11/h17,19,22-25,37H,12-16,18,20-21,26-34H2,1-11H3. The van der Waals surface area contributed by atoms with E-state index < -0.39 is 23.4 Å². The fourth-order valence-electron chi connectivity index (χ4n) is 5.93. The van der Waals surface area contributed by atoms with Crippen molar-refractivity contribution in [3.05, 3.63) is 41.5 Å². The van der Waals surface area contributed by atoms with Crippen molar-refractivity contribution < 1.29 is 43.0 Å². The highest BCUT2D eigenvalue weighted by Gasteiger charge is 2.32. The molecule has 0 aliphatic heterocycles. The fraction of sp³-hybridized carbons (Fsp3) is 0.721. The van der Waals surface area contributed by atoms with Crippen molar-refractivity contribution in [3.8, 4) is 0 Å². The molecule has 0 heterocycles. The Bertz CT molecular complexity index is 1250. The van der Waals surface area contributed by atoms with E-state index in [9.17, 15) is 19.2 Å². The minimum atomic E-state index is -0.920. The summed E-state index contributed by atoms with van der Waals surface area (Å²) in [6, 6.07) is 8.56. The average molecular weight is 791 g/mol. The Morgan fingerprint density at radius 2 is 1.18 bits per heavy atom. The van der Waals surface area contributed by atoms with Crippen LogP contribution in [0.25, 0.3) is 6.08 Å². The average Bonchev–Trinajstić information content (AvgIpc) is 3.09. The number of ether oxygens (including phenoxy) is 4. The normalized spacial score (nSPS) is 12.7. The Hall–Kier alpha value is -3.52. The third kappa shape index (κ3) is 22.9. The predicted octanol–water partition coefficient (Wildman–Crippen LogP) is 7.76. The molecule has 1 atom stereocenters. The van der Waals surface area contributed by atoms with E-state index in [0.29, 0.717) is 44.2 Å². The summed E-state index contributed by atoms with van der Waals surface area (Å²) in [4.78, 5) is 62.6. The molecule has 0 saturated carbocycles. The van der Waals surface area contributed by atoms with Crippen LogP contribution in [0.2, 0.25) is 0 Å². The van der Waals surface area contributed by atoms with E-state index in [-0.39, 0.29) is 37.7 Å². The predicted molar refractivity (Wildman–Crippen MR) is 221 cm³/mol. The van der Waals surface area contributed by atoms with Crippen LogP contribution in [0.5, 0.6) is 0 Å². The Morgan fingerprint density at radius 1 is 0.679 bits per heavy atom. The Labute approximate surface area is 337 Å². The number of nitrogens with zero attached hydrogens (tertiary/aromatic N) is 4. The Morgan fingerprint density at radius 3 is 1.62 bits per heavy atom. The summed E-state index contributed by atoms with van der Waals surface area (Å²) in [6.07, 6.45) is 7.76. The second-order valence-corrected chi connectivity index (χ2v) is 15.8. The van der Waals surface area contributed by atoms with Gasteiger partial charge in [-0.3, -0.25) is 24.2 Å². The monoisotopic (exact) mass is 791 g/mol. The zero-order valence-electron chi connectivity index (χ0n) is 36.5. The zero-order chi connectivity index (χ0) is 42.1. The molecule has 0 aromatic heterocycles. The first-order valence-electron chi connectivity index (χ1n) is 20.6. The molecule has 0 spiro atoms. The molecule has 1 rings (SSSR count). The number of esters is 2. The molecule has 1 aromatic rings. The second kappa shape index (κ2) is 27.2. The van der Waals surface area contributed by atoms with Crippen LogP contribution < -0.4 is 0 Å². The molecule has 1 unspecified atom stereocenters. The Kier molecular flexibility index (Phi) is 24.5. The maximum absolute atomic E-state index is 12.7. The number of carbonyl (C=O) groups is 4. The van der Waals surface area contributed by atoms with Gasteiger partial charge in [-0.15, -0.1) is 0 Å². The van der Waals surface area contributed by atoms with Crippen molar-refractivity contribution in [2.24, 2.45) is 0 Å². The molecule has 0 bridgehead atoms. The number of amides is 2. The summed E-state index contributed by atoms with van der Waals surface area (Å²) < 4.78 is 21.1. The highest BCUT2D eigenvalue weighted by molar-refractivity contribution is 5.86. The smallest absolute Gasteiger partial charge is 0.444 e. The number of hydroxylamine groups is 2. The highest BCUT2D eigenvalue weighted by Crippen LogP contribution is 2.17. The summed E-state index contributed by atoms with van der Waals surface area (Å²) in [5.74, 6) is -0.699. The van der Waals surface area contributed by atoms with Gasteiger partial charge in [-0.1, -0.05) is 62.3 Å². The van der Waals surface area contributed by atoms with Crippen LogP contribution in [0.3, 0.4) is 0 Å². The number of imide groups is 1. The van der Waals surface area contributed by atoms with E-state index in [1.807, 2.05) is 4.90 Å². The van der Waals surface area contributed by atoms with Crippen molar-refractivity contribution >= 4 is 30.2 Å². The van der Waals surface area contributed by atoms with Crippen LogP contribution in [-0.2, 0) is 39.8 Å². The molecule has 0 radical (unpaired) electrons. The van der Waals surface area contributed by atoms with E-state index in [0.717, 1.165) is 63.0 Å². The van der Waals surface area contributed by atoms with Crippen molar-refractivity contribution in [2.45, 2.75) is 132 Å². The van der Waals surface area contributed by atoms with Crippen molar-refractivity contribution in [2.75, 3.05) is 72.2 Å². The van der Waals surface area contributed by atoms with Gasteiger partial charge < -0.3 is 23.8 Å². The first-order valence-corrected chi connectivity index (χ1v) is 20.6. The van der Waals surface area contributed by atoms with Crippen LogP contribution in [0.1, 0.15) is 119 Å². The van der Waals surface area contributed by atoms with Crippen LogP contribution in [-0.4, -0.2) is 133 Å². The lowest BCUT2D eigenvalue weighted by atomic mass is 10.1. The van der Waals surface area contributed by atoms with Gasteiger partial charge in [-0.05, 0) is 118 Å². The molecule has 56 heavy (non-hydrogen) atoms. The van der Waals surface area contributed by atoms with Gasteiger partial charge in [0.05, 0.1) is 32.9 Å². The topological polar surface area (TPSA) is 127 Å². The SMILES string of the molecule is CCCN(CCC)CCN(CCN(CC(=O)OCC)CC(=O)OCC)C(CC)CC=Cc1ccc(CCCON(C(=O)OC(C)(C)C)C(=O)OC(C)(C)C)cc1. The van der Waals surface area contributed by atoms with Crippen molar-refractivity contribution in [3.63, 3.8) is 0 Å². The highest BCUT2D eigenvalue weighted by atomic mass is 16.8. The molecular formula is C43H74N4O9. The van der Waals surface area contributed by atoms with E-state index in [1.54, 1.807) is 55.4 Å². The summed E-state index contributed by atoms with van der Waals surface area (Å²) in [7, 11) is 0. The van der Waals surface area contributed by atoms with Crippen LogP contribution >= 0.6 is 0 Å². The lowest BCUT2D eigenvalue weighted by Gasteiger charge is -2.34. The minimum absolute atomic E-state index is 0.0363. The van der Waals surface area contributed by atoms with Gasteiger partial charge in [0.25, 0.3) is 0 Å². The maximum atomic E-state index is 12.7. The summed E-state index contributed by atoms with van der Waals surface area (Å²) in [6.45, 7) is 26.4.